The van der Waals surface area contributed by atoms with Crippen molar-refractivity contribution in [2.75, 3.05) is 24.4 Å². The molecule has 1 atom stereocenters. The molecule has 8 heteroatoms. The fourth-order valence-electron chi connectivity index (χ4n) is 3.83. The molecule has 0 radical (unpaired) electrons. The summed E-state index contributed by atoms with van der Waals surface area (Å²) in [6, 6.07) is 13.0. The molecule has 0 spiro atoms. The second-order valence-corrected chi connectivity index (χ2v) is 10.7. The maximum atomic E-state index is 13.1. The molecule has 1 saturated heterocycles. The monoisotopic (exact) mass is 471 g/mol. The maximum absolute atomic E-state index is 13.1. The normalized spacial score (nSPS) is 16.5. The minimum Gasteiger partial charge on any atom is -0.356 e. The van der Waals surface area contributed by atoms with E-state index in [1.807, 2.05) is 6.92 Å². The van der Waals surface area contributed by atoms with Crippen LogP contribution in [0.1, 0.15) is 49.0 Å². The summed E-state index contributed by atoms with van der Waals surface area (Å²) in [5, 5.41) is 2.98. The van der Waals surface area contributed by atoms with Crippen molar-refractivity contribution >= 4 is 27.5 Å². The van der Waals surface area contributed by atoms with Crippen molar-refractivity contribution in [3.05, 3.63) is 59.7 Å². The lowest BCUT2D eigenvalue weighted by Crippen LogP contribution is -2.45. The number of nitrogens with one attached hydrogen (secondary N) is 2. The number of carbonyl (C=O) groups is 2. The van der Waals surface area contributed by atoms with Gasteiger partial charge in [0, 0.05) is 30.9 Å². The smallest absolute Gasteiger partial charge is 0.261 e. The number of anilines is 1. The van der Waals surface area contributed by atoms with Crippen molar-refractivity contribution in [1.29, 1.82) is 0 Å². The molecule has 2 amide bonds. The lowest BCUT2D eigenvalue weighted by molar-refractivity contribution is -0.126. The van der Waals surface area contributed by atoms with Crippen molar-refractivity contribution in [3.8, 4) is 0 Å². The Morgan fingerprint density at radius 1 is 1.12 bits per heavy atom. The second-order valence-electron chi connectivity index (χ2n) is 9.06. The Labute approximate surface area is 196 Å². The molecule has 0 saturated carbocycles. The molecule has 1 aliphatic heterocycles. The zero-order valence-corrected chi connectivity index (χ0v) is 20.3. The molecular weight excluding hydrogens is 438 g/mol. The van der Waals surface area contributed by atoms with Crippen molar-refractivity contribution in [3.63, 3.8) is 0 Å². The van der Waals surface area contributed by atoms with Gasteiger partial charge < -0.3 is 10.2 Å². The molecule has 1 fully saturated rings. The van der Waals surface area contributed by atoms with E-state index < -0.39 is 10.0 Å². The van der Waals surface area contributed by atoms with Crippen LogP contribution < -0.4 is 10.0 Å². The van der Waals surface area contributed by atoms with E-state index in [0.29, 0.717) is 36.8 Å². The molecule has 0 aliphatic carbocycles. The maximum Gasteiger partial charge on any atom is 0.261 e. The summed E-state index contributed by atoms with van der Waals surface area (Å²) in [5.41, 5.74) is 1.68. The largest absolute Gasteiger partial charge is 0.356 e. The summed E-state index contributed by atoms with van der Waals surface area (Å²) in [6.45, 7) is 7.70. The third kappa shape index (κ3) is 6.81. The van der Waals surface area contributed by atoms with Crippen molar-refractivity contribution in [2.24, 2.45) is 11.8 Å². The molecule has 3 rings (SSSR count). The second kappa shape index (κ2) is 10.8. The van der Waals surface area contributed by atoms with Crippen LogP contribution >= 0.6 is 0 Å². The van der Waals surface area contributed by atoms with E-state index in [4.69, 9.17) is 0 Å². The molecule has 2 aromatic rings. The highest BCUT2D eigenvalue weighted by molar-refractivity contribution is 7.92. The molecule has 7 nitrogen and oxygen atoms in total. The van der Waals surface area contributed by atoms with Gasteiger partial charge >= 0.3 is 0 Å². The summed E-state index contributed by atoms with van der Waals surface area (Å²) in [6.07, 6.45) is 2.44. The standard InChI is InChI=1S/C25H33N3O4S/c1-18(2)13-14-26-24(29)21-7-5-15-28(17-21)25(30)20-6-4-8-22(16-20)27-33(31,32)23-11-9-19(3)10-12-23/h4,6,8-12,16,18,21,27H,5,7,13-15,17H2,1-3H3,(H,26,29). The Kier molecular flexibility index (Phi) is 8.13. The summed E-state index contributed by atoms with van der Waals surface area (Å²) in [4.78, 5) is 27.5. The van der Waals surface area contributed by atoms with Crippen LogP contribution in [0.5, 0.6) is 0 Å². The summed E-state index contributed by atoms with van der Waals surface area (Å²) in [5.74, 6) is 0.0855. The fourth-order valence-corrected chi connectivity index (χ4v) is 4.88. The Balaban J connectivity index is 1.66. The number of piperidine rings is 1. The van der Waals surface area contributed by atoms with E-state index in [1.54, 1.807) is 53.4 Å². The van der Waals surface area contributed by atoms with Crippen LogP contribution in [0.2, 0.25) is 0 Å². The number of aryl methyl sites for hydroxylation is 1. The zero-order chi connectivity index (χ0) is 24.0. The highest BCUT2D eigenvalue weighted by Crippen LogP contribution is 2.22. The van der Waals surface area contributed by atoms with E-state index in [1.165, 1.54) is 0 Å². The Bertz CT molecular complexity index is 1080. The van der Waals surface area contributed by atoms with E-state index >= 15 is 0 Å². The predicted octanol–water partition coefficient (Wildman–Crippen LogP) is 3.81. The molecule has 0 bridgehead atoms. The number of rotatable bonds is 8. The van der Waals surface area contributed by atoms with Crippen LogP contribution in [0.15, 0.2) is 53.4 Å². The number of carbonyl (C=O) groups excluding carboxylic acids is 2. The van der Waals surface area contributed by atoms with Gasteiger partial charge in [0.2, 0.25) is 5.91 Å². The SMILES string of the molecule is Cc1ccc(S(=O)(=O)Nc2cccc(C(=O)N3CCCC(C(=O)NCCC(C)C)C3)c2)cc1. The number of amides is 2. The van der Waals surface area contributed by atoms with Crippen LogP contribution in [-0.4, -0.2) is 44.8 Å². The Hall–Kier alpha value is -2.87. The molecule has 1 aliphatic rings. The fraction of sp³-hybridized carbons (Fsp3) is 0.440. The number of likely N-dealkylation sites (tertiary alicyclic amines) is 1. The molecule has 2 N–H and O–H groups in total. The molecule has 2 aromatic carbocycles. The molecular formula is C25H33N3O4S. The third-order valence-electron chi connectivity index (χ3n) is 5.79. The topological polar surface area (TPSA) is 95.6 Å². The van der Waals surface area contributed by atoms with Gasteiger partial charge in [-0.05, 0) is 62.4 Å². The van der Waals surface area contributed by atoms with Crippen LogP contribution in [0.4, 0.5) is 5.69 Å². The first-order chi connectivity index (χ1) is 15.7. The highest BCUT2D eigenvalue weighted by Gasteiger charge is 2.29. The minimum absolute atomic E-state index is 0.00670. The summed E-state index contributed by atoms with van der Waals surface area (Å²) >= 11 is 0. The minimum atomic E-state index is -3.76. The van der Waals surface area contributed by atoms with E-state index in [9.17, 15) is 18.0 Å². The first-order valence-corrected chi connectivity index (χ1v) is 12.9. The van der Waals surface area contributed by atoms with Crippen LogP contribution in [0, 0.1) is 18.8 Å². The number of nitrogens with zero attached hydrogens (tertiary/aromatic N) is 1. The van der Waals surface area contributed by atoms with Gasteiger partial charge in [-0.15, -0.1) is 0 Å². The van der Waals surface area contributed by atoms with Gasteiger partial charge in [-0.25, -0.2) is 8.42 Å². The van der Waals surface area contributed by atoms with E-state index in [2.05, 4.69) is 23.9 Å². The van der Waals surface area contributed by atoms with Crippen molar-refractivity contribution < 1.29 is 18.0 Å². The number of hydrogen-bond acceptors (Lipinski definition) is 4. The van der Waals surface area contributed by atoms with Crippen LogP contribution in [0.3, 0.4) is 0 Å². The Morgan fingerprint density at radius 3 is 2.55 bits per heavy atom. The van der Waals surface area contributed by atoms with Gasteiger partial charge in [0.05, 0.1) is 10.8 Å². The van der Waals surface area contributed by atoms with Crippen LogP contribution in [-0.2, 0) is 14.8 Å². The van der Waals surface area contributed by atoms with E-state index in [-0.39, 0.29) is 22.6 Å². The van der Waals surface area contributed by atoms with Gasteiger partial charge in [0.1, 0.15) is 0 Å². The average Bonchev–Trinajstić information content (AvgIpc) is 2.78. The molecule has 178 valence electrons. The lowest BCUT2D eigenvalue weighted by Gasteiger charge is -2.32. The predicted molar refractivity (Wildman–Crippen MR) is 130 cm³/mol. The van der Waals surface area contributed by atoms with Crippen LogP contribution in [0.25, 0.3) is 0 Å². The number of hydrogen-bond donors (Lipinski definition) is 2. The highest BCUT2D eigenvalue weighted by atomic mass is 32.2. The molecule has 1 unspecified atom stereocenters. The molecule has 0 aromatic heterocycles. The van der Waals surface area contributed by atoms with E-state index in [0.717, 1.165) is 24.8 Å². The van der Waals surface area contributed by atoms with Gasteiger partial charge in [-0.3, -0.25) is 14.3 Å². The number of sulfonamides is 1. The third-order valence-corrected chi connectivity index (χ3v) is 7.19. The van der Waals surface area contributed by atoms with Crippen molar-refractivity contribution in [2.45, 2.75) is 44.9 Å². The summed E-state index contributed by atoms with van der Waals surface area (Å²) < 4.78 is 27.9. The quantitative estimate of drug-likeness (QED) is 0.612. The first kappa shape index (κ1) is 24.8. The van der Waals surface area contributed by atoms with Gasteiger partial charge in [0.15, 0.2) is 0 Å². The summed E-state index contributed by atoms with van der Waals surface area (Å²) in [7, 11) is -3.76. The lowest BCUT2D eigenvalue weighted by atomic mass is 9.96. The molecule has 33 heavy (non-hydrogen) atoms. The Morgan fingerprint density at radius 2 is 1.85 bits per heavy atom. The first-order valence-electron chi connectivity index (χ1n) is 11.4. The van der Waals surface area contributed by atoms with Gasteiger partial charge in [0.25, 0.3) is 15.9 Å². The average molecular weight is 472 g/mol. The molecule has 1 heterocycles. The van der Waals surface area contributed by atoms with Gasteiger partial charge in [-0.2, -0.15) is 0 Å². The van der Waals surface area contributed by atoms with Gasteiger partial charge in [-0.1, -0.05) is 37.6 Å². The number of benzene rings is 2. The van der Waals surface area contributed by atoms with Crippen molar-refractivity contribution in [1.82, 2.24) is 10.2 Å². The zero-order valence-electron chi connectivity index (χ0n) is 19.5.